The van der Waals surface area contributed by atoms with Gasteiger partial charge in [0, 0.05) is 5.69 Å². The van der Waals surface area contributed by atoms with Gasteiger partial charge in [-0.05, 0) is 110 Å². The van der Waals surface area contributed by atoms with Gasteiger partial charge in [0.15, 0.2) is 0 Å². The Bertz CT molecular complexity index is 1430. The highest BCUT2D eigenvalue weighted by atomic mass is 32.2. The largest absolute Gasteiger partial charge is 0.386 e. The highest BCUT2D eigenvalue weighted by molar-refractivity contribution is 7.90. The molecule has 0 saturated heterocycles. The van der Waals surface area contributed by atoms with E-state index < -0.39 is 21.7 Å². The third-order valence-electron chi connectivity index (χ3n) is 7.07. The van der Waals surface area contributed by atoms with Crippen LogP contribution in [0, 0.1) is 5.82 Å². The number of aliphatic hydroxyl groups is 1. The minimum atomic E-state index is -4.28. The molecule has 0 saturated carbocycles. The van der Waals surface area contributed by atoms with Crippen molar-refractivity contribution >= 4 is 21.7 Å². The molecule has 188 valence electrons. The van der Waals surface area contributed by atoms with Crippen molar-refractivity contribution in [1.82, 2.24) is 4.72 Å². The SMILES string of the molecule is CC(C)(O)c1cc(-c2ccccc2)cc(S(=O)(=O)NC(=O)Nc2c3c(c(F)c4c2CCC4)CCC3)c1. The number of benzene rings is 3. The number of anilines is 1. The number of urea groups is 1. The molecule has 2 aliphatic rings. The van der Waals surface area contributed by atoms with Gasteiger partial charge in [-0.25, -0.2) is 22.3 Å². The van der Waals surface area contributed by atoms with E-state index in [0.717, 1.165) is 29.5 Å². The second-order valence-electron chi connectivity index (χ2n) is 10.0. The number of nitrogens with one attached hydrogen (secondary N) is 2. The number of amides is 2. The molecular formula is C28H29FN2O4S. The molecule has 8 heteroatoms. The second kappa shape index (κ2) is 9.01. The molecule has 0 unspecified atom stereocenters. The van der Waals surface area contributed by atoms with E-state index in [1.165, 1.54) is 12.1 Å². The fourth-order valence-electron chi connectivity index (χ4n) is 5.26. The summed E-state index contributed by atoms with van der Waals surface area (Å²) in [7, 11) is -4.28. The summed E-state index contributed by atoms with van der Waals surface area (Å²) < 4.78 is 43.7. The van der Waals surface area contributed by atoms with Crippen molar-refractivity contribution < 1.29 is 22.7 Å². The third kappa shape index (κ3) is 4.51. The van der Waals surface area contributed by atoms with Gasteiger partial charge >= 0.3 is 6.03 Å². The Morgan fingerprint density at radius 2 is 1.47 bits per heavy atom. The number of sulfonamides is 1. The topological polar surface area (TPSA) is 95.5 Å². The Morgan fingerprint density at radius 1 is 0.889 bits per heavy atom. The average Bonchev–Trinajstić information content (AvgIpc) is 3.52. The van der Waals surface area contributed by atoms with E-state index in [0.29, 0.717) is 53.6 Å². The Balaban J connectivity index is 1.48. The highest BCUT2D eigenvalue weighted by Gasteiger charge is 2.31. The van der Waals surface area contributed by atoms with Crippen molar-refractivity contribution in [1.29, 1.82) is 0 Å². The molecule has 0 bridgehead atoms. The Kier molecular flexibility index (Phi) is 6.12. The molecule has 36 heavy (non-hydrogen) atoms. The summed E-state index contributed by atoms with van der Waals surface area (Å²) >= 11 is 0. The number of rotatable bonds is 5. The van der Waals surface area contributed by atoms with Gasteiger partial charge in [-0.2, -0.15) is 0 Å². The highest BCUT2D eigenvalue weighted by Crippen LogP contribution is 2.41. The number of hydrogen-bond donors (Lipinski definition) is 3. The lowest BCUT2D eigenvalue weighted by Crippen LogP contribution is -2.35. The van der Waals surface area contributed by atoms with Crippen LogP contribution in [-0.2, 0) is 41.3 Å². The first-order chi connectivity index (χ1) is 17.0. The minimum absolute atomic E-state index is 0.134. The van der Waals surface area contributed by atoms with E-state index in [1.54, 1.807) is 19.9 Å². The molecule has 0 heterocycles. The number of carbonyl (C=O) groups excluding carboxylic acids is 1. The lowest BCUT2D eigenvalue weighted by molar-refractivity contribution is 0.0784. The normalized spacial score (nSPS) is 14.9. The maximum atomic E-state index is 15.0. The molecule has 0 fully saturated rings. The lowest BCUT2D eigenvalue weighted by atomic mass is 9.94. The first kappa shape index (κ1) is 24.5. The van der Waals surface area contributed by atoms with E-state index in [1.807, 2.05) is 30.3 Å². The molecule has 3 aromatic rings. The van der Waals surface area contributed by atoms with Gasteiger partial charge < -0.3 is 10.4 Å². The molecule has 5 rings (SSSR count). The summed E-state index contributed by atoms with van der Waals surface area (Å²) in [5, 5.41) is 13.3. The summed E-state index contributed by atoms with van der Waals surface area (Å²) in [4.78, 5) is 12.8. The molecule has 0 atom stereocenters. The molecule has 6 nitrogen and oxygen atoms in total. The van der Waals surface area contributed by atoms with Crippen LogP contribution in [0.5, 0.6) is 0 Å². The smallest absolute Gasteiger partial charge is 0.333 e. The van der Waals surface area contributed by atoms with E-state index in [4.69, 9.17) is 0 Å². The fourth-order valence-corrected chi connectivity index (χ4v) is 6.24. The summed E-state index contributed by atoms with van der Waals surface area (Å²) in [5.74, 6) is -0.162. The molecular weight excluding hydrogens is 479 g/mol. The Hall–Kier alpha value is -3.23. The molecule has 0 radical (unpaired) electrons. The standard InChI is InChI=1S/C28H29FN2O4S/c1-28(2,33)19-14-18(17-8-4-3-5-9-17)15-20(16-19)36(34,35)31-27(32)30-26-23-12-6-10-21(23)25(29)22-11-7-13-24(22)26/h3-5,8-9,14-16,33H,6-7,10-13H2,1-2H3,(H2,30,31,32). The van der Waals surface area contributed by atoms with Gasteiger partial charge in [-0.3, -0.25) is 0 Å². The van der Waals surface area contributed by atoms with Crippen molar-refractivity contribution in [3.63, 3.8) is 0 Å². The summed E-state index contributed by atoms with van der Waals surface area (Å²) in [5.41, 5.74) is 3.86. The summed E-state index contributed by atoms with van der Waals surface area (Å²) in [6.45, 7) is 3.15. The maximum absolute atomic E-state index is 15.0. The van der Waals surface area contributed by atoms with E-state index >= 15 is 0 Å². The van der Waals surface area contributed by atoms with Crippen LogP contribution in [0.2, 0.25) is 0 Å². The predicted octanol–water partition coefficient (Wildman–Crippen LogP) is 5.21. The maximum Gasteiger partial charge on any atom is 0.333 e. The van der Waals surface area contributed by atoms with E-state index in [2.05, 4.69) is 10.0 Å². The zero-order chi connectivity index (χ0) is 25.7. The average molecular weight is 509 g/mol. The molecule has 2 aliphatic carbocycles. The summed E-state index contributed by atoms with van der Waals surface area (Å²) in [6.07, 6.45) is 4.14. The van der Waals surface area contributed by atoms with E-state index in [-0.39, 0.29) is 10.7 Å². The Morgan fingerprint density at radius 3 is 2.06 bits per heavy atom. The zero-order valence-corrected chi connectivity index (χ0v) is 21.1. The monoisotopic (exact) mass is 508 g/mol. The zero-order valence-electron chi connectivity index (χ0n) is 20.3. The number of halogens is 1. The van der Waals surface area contributed by atoms with Gasteiger partial charge in [0.05, 0.1) is 10.5 Å². The molecule has 2 amide bonds. The molecule has 0 aliphatic heterocycles. The lowest BCUT2D eigenvalue weighted by Gasteiger charge is -2.21. The van der Waals surface area contributed by atoms with Crippen LogP contribution in [0.25, 0.3) is 11.1 Å². The quantitative estimate of drug-likeness (QED) is 0.441. The van der Waals surface area contributed by atoms with Gasteiger partial charge in [0.25, 0.3) is 10.0 Å². The minimum Gasteiger partial charge on any atom is -0.386 e. The second-order valence-corrected chi connectivity index (χ2v) is 11.7. The van der Waals surface area contributed by atoms with Crippen LogP contribution < -0.4 is 10.0 Å². The van der Waals surface area contributed by atoms with Crippen LogP contribution in [0.3, 0.4) is 0 Å². The fraction of sp³-hybridized carbons (Fsp3) is 0.321. The van der Waals surface area contributed by atoms with Crippen molar-refractivity contribution in [2.75, 3.05) is 5.32 Å². The van der Waals surface area contributed by atoms with Gasteiger partial charge in [0.2, 0.25) is 0 Å². The first-order valence-corrected chi connectivity index (χ1v) is 13.6. The van der Waals surface area contributed by atoms with Gasteiger partial charge in [0.1, 0.15) is 5.82 Å². The van der Waals surface area contributed by atoms with Crippen molar-refractivity contribution in [2.24, 2.45) is 0 Å². The van der Waals surface area contributed by atoms with Crippen molar-refractivity contribution in [2.45, 2.75) is 62.9 Å². The van der Waals surface area contributed by atoms with Crippen LogP contribution in [0.1, 0.15) is 54.5 Å². The number of hydrogen-bond acceptors (Lipinski definition) is 4. The van der Waals surface area contributed by atoms with Crippen molar-refractivity contribution in [3.8, 4) is 11.1 Å². The van der Waals surface area contributed by atoms with Crippen LogP contribution in [0.4, 0.5) is 14.9 Å². The molecule has 0 spiro atoms. The predicted molar refractivity (Wildman–Crippen MR) is 137 cm³/mol. The van der Waals surface area contributed by atoms with Gasteiger partial charge in [-0.15, -0.1) is 0 Å². The van der Waals surface area contributed by atoms with Crippen molar-refractivity contribution in [3.05, 3.63) is 82.2 Å². The molecule has 3 aromatic carbocycles. The van der Waals surface area contributed by atoms with Crippen LogP contribution in [-0.4, -0.2) is 19.6 Å². The number of fused-ring (bicyclic) bond motifs is 2. The Labute approximate surface area is 210 Å². The third-order valence-corrected chi connectivity index (χ3v) is 8.38. The summed E-state index contributed by atoms with van der Waals surface area (Å²) in [6, 6.07) is 12.9. The van der Waals surface area contributed by atoms with Crippen LogP contribution >= 0.6 is 0 Å². The first-order valence-electron chi connectivity index (χ1n) is 12.2. The number of carbonyl (C=O) groups is 1. The van der Waals surface area contributed by atoms with Crippen LogP contribution in [0.15, 0.2) is 53.4 Å². The molecule has 0 aromatic heterocycles. The molecule has 3 N–H and O–H groups in total. The van der Waals surface area contributed by atoms with E-state index in [9.17, 15) is 22.7 Å². The van der Waals surface area contributed by atoms with Gasteiger partial charge in [-0.1, -0.05) is 30.3 Å².